The molecule has 2 rings (SSSR count). The van der Waals surface area contributed by atoms with Crippen LogP contribution in [0.15, 0.2) is 47.3 Å². The van der Waals surface area contributed by atoms with Crippen molar-refractivity contribution >= 4 is 5.69 Å². The third-order valence-corrected chi connectivity index (χ3v) is 2.78. The van der Waals surface area contributed by atoms with Crippen LogP contribution in [-0.4, -0.2) is 20.1 Å². The monoisotopic (exact) mass is 248 g/mol. The fourth-order valence-corrected chi connectivity index (χ4v) is 1.72. The van der Waals surface area contributed by atoms with E-state index in [2.05, 4.69) is 5.32 Å². The van der Waals surface area contributed by atoms with Crippen molar-refractivity contribution in [1.82, 2.24) is 5.32 Å². The molecule has 3 nitrogen and oxygen atoms in total. The lowest BCUT2D eigenvalue weighted by Gasteiger charge is -2.19. The van der Waals surface area contributed by atoms with Crippen LogP contribution in [0.3, 0.4) is 0 Å². The molecule has 0 amide bonds. The van der Waals surface area contributed by atoms with E-state index in [0.717, 1.165) is 30.9 Å². The average molecular weight is 248 g/mol. The van der Waals surface area contributed by atoms with Gasteiger partial charge in [-0.1, -0.05) is 6.07 Å². The largest absolute Gasteiger partial charge is 0.472 e. The summed E-state index contributed by atoms with van der Waals surface area (Å²) >= 11 is 0. The zero-order valence-corrected chi connectivity index (χ0v) is 10.4. The van der Waals surface area contributed by atoms with E-state index >= 15 is 0 Å². The van der Waals surface area contributed by atoms with Gasteiger partial charge in [-0.2, -0.15) is 0 Å². The number of halogens is 1. The minimum atomic E-state index is -0.203. The van der Waals surface area contributed by atoms with Gasteiger partial charge in [-0.15, -0.1) is 0 Å². The van der Waals surface area contributed by atoms with Crippen LogP contribution in [-0.2, 0) is 6.54 Å². The quantitative estimate of drug-likeness (QED) is 0.797. The molecule has 0 saturated heterocycles. The molecule has 0 fully saturated rings. The second-order valence-electron chi connectivity index (χ2n) is 4.21. The van der Waals surface area contributed by atoms with Gasteiger partial charge >= 0.3 is 0 Å². The van der Waals surface area contributed by atoms with E-state index in [-0.39, 0.29) is 5.82 Å². The summed E-state index contributed by atoms with van der Waals surface area (Å²) in [6, 6.07) is 8.55. The third kappa shape index (κ3) is 3.60. The number of rotatable bonds is 6. The van der Waals surface area contributed by atoms with Crippen LogP contribution in [0.4, 0.5) is 10.1 Å². The molecular formula is C14H17FN2O. The average Bonchev–Trinajstić information content (AvgIpc) is 2.87. The van der Waals surface area contributed by atoms with E-state index in [1.807, 2.05) is 24.1 Å². The summed E-state index contributed by atoms with van der Waals surface area (Å²) in [4.78, 5) is 2.02. The van der Waals surface area contributed by atoms with Crippen LogP contribution in [0.25, 0.3) is 0 Å². The molecule has 96 valence electrons. The van der Waals surface area contributed by atoms with E-state index in [9.17, 15) is 4.39 Å². The molecule has 0 aliphatic carbocycles. The Kier molecular flexibility index (Phi) is 4.36. The molecule has 0 bridgehead atoms. The Balaban J connectivity index is 1.73. The number of nitrogens with one attached hydrogen (secondary N) is 1. The first-order chi connectivity index (χ1) is 8.75. The van der Waals surface area contributed by atoms with Crippen LogP contribution >= 0.6 is 0 Å². The van der Waals surface area contributed by atoms with Crippen molar-refractivity contribution in [3.8, 4) is 0 Å². The zero-order valence-electron chi connectivity index (χ0n) is 10.4. The van der Waals surface area contributed by atoms with Gasteiger partial charge in [0.15, 0.2) is 0 Å². The summed E-state index contributed by atoms with van der Waals surface area (Å²) in [6.45, 7) is 2.44. The van der Waals surface area contributed by atoms with Gasteiger partial charge in [0.25, 0.3) is 0 Å². The maximum absolute atomic E-state index is 13.0. The summed E-state index contributed by atoms with van der Waals surface area (Å²) in [7, 11) is 1.95. The fourth-order valence-electron chi connectivity index (χ4n) is 1.72. The maximum Gasteiger partial charge on any atom is 0.125 e. The molecule has 18 heavy (non-hydrogen) atoms. The van der Waals surface area contributed by atoms with Gasteiger partial charge in [-0.25, -0.2) is 4.39 Å². The molecular weight excluding hydrogens is 231 g/mol. The molecule has 4 heteroatoms. The maximum atomic E-state index is 13.0. The van der Waals surface area contributed by atoms with Gasteiger partial charge in [-0.05, 0) is 24.3 Å². The van der Waals surface area contributed by atoms with Gasteiger partial charge in [0.2, 0.25) is 0 Å². The Bertz CT molecular complexity index is 470. The van der Waals surface area contributed by atoms with Crippen molar-refractivity contribution in [2.45, 2.75) is 6.54 Å². The first-order valence-corrected chi connectivity index (χ1v) is 5.94. The number of furan rings is 1. The lowest BCUT2D eigenvalue weighted by atomic mass is 10.3. The topological polar surface area (TPSA) is 28.4 Å². The number of benzene rings is 1. The van der Waals surface area contributed by atoms with Crippen LogP contribution < -0.4 is 10.2 Å². The van der Waals surface area contributed by atoms with E-state index in [1.165, 1.54) is 12.1 Å². The molecule has 0 aliphatic heterocycles. The Morgan fingerprint density at radius 1 is 1.33 bits per heavy atom. The predicted octanol–water partition coefficient (Wildman–Crippen LogP) is 2.64. The number of hydrogen-bond acceptors (Lipinski definition) is 3. The minimum absolute atomic E-state index is 0.203. The summed E-state index contributed by atoms with van der Waals surface area (Å²) < 4.78 is 18.0. The van der Waals surface area contributed by atoms with Crippen LogP contribution in [0.5, 0.6) is 0 Å². The molecule has 0 aliphatic rings. The lowest BCUT2D eigenvalue weighted by Crippen LogP contribution is -2.28. The molecule has 0 atom stereocenters. The van der Waals surface area contributed by atoms with Gasteiger partial charge < -0.3 is 14.6 Å². The molecule has 1 aromatic heterocycles. The predicted molar refractivity (Wildman–Crippen MR) is 70.1 cm³/mol. The molecule has 0 spiro atoms. The smallest absolute Gasteiger partial charge is 0.125 e. The van der Waals surface area contributed by atoms with Gasteiger partial charge in [-0.3, -0.25) is 0 Å². The SMILES string of the molecule is CN(CCNCc1ccoc1)c1cccc(F)c1. The third-order valence-electron chi connectivity index (χ3n) is 2.78. The van der Waals surface area contributed by atoms with Crippen LogP contribution in [0.1, 0.15) is 5.56 Å². The fraction of sp³-hybridized carbons (Fsp3) is 0.286. The summed E-state index contributed by atoms with van der Waals surface area (Å²) in [6.07, 6.45) is 3.39. The van der Waals surface area contributed by atoms with E-state index < -0.39 is 0 Å². The highest BCUT2D eigenvalue weighted by Crippen LogP contribution is 2.12. The Labute approximate surface area is 106 Å². The molecule has 1 N–H and O–H groups in total. The molecule has 1 heterocycles. The summed E-state index contributed by atoms with van der Waals surface area (Å²) in [5.74, 6) is -0.203. The Hall–Kier alpha value is -1.81. The standard InChI is InChI=1S/C14H17FN2O/c1-17(14-4-2-3-13(15)9-14)7-6-16-10-12-5-8-18-11-12/h2-5,8-9,11,16H,6-7,10H2,1H3. The highest BCUT2D eigenvalue weighted by Gasteiger charge is 2.01. The number of hydrogen-bond donors (Lipinski definition) is 1. The first kappa shape index (κ1) is 12.6. The van der Waals surface area contributed by atoms with Crippen LogP contribution in [0, 0.1) is 5.82 Å². The first-order valence-electron chi connectivity index (χ1n) is 5.94. The number of nitrogens with zero attached hydrogens (tertiary/aromatic N) is 1. The Morgan fingerprint density at radius 3 is 2.94 bits per heavy atom. The van der Waals surface area contributed by atoms with E-state index in [4.69, 9.17) is 4.42 Å². The second kappa shape index (κ2) is 6.21. The zero-order chi connectivity index (χ0) is 12.8. The van der Waals surface area contributed by atoms with Crippen molar-refractivity contribution in [2.24, 2.45) is 0 Å². The van der Waals surface area contributed by atoms with Crippen molar-refractivity contribution in [1.29, 1.82) is 0 Å². The van der Waals surface area contributed by atoms with Gasteiger partial charge in [0, 0.05) is 37.9 Å². The number of anilines is 1. The van der Waals surface area contributed by atoms with Crippen molar-refractivity contribution in [3.63, 3.8) is 0 Å². The molecule has 0 radical (unpaired) electrons. The van der Waals surface area contributed by atoms with Crippen molar-refractivity contribution in [2.75, 3.05) is 25.0 Å². The minimum Gasteiger partial charge on any atom is -0.472 e. The van der Waals surface area contributed by atoms with Crippen molar-refractivity contribution in [3.05, 3.63) is 54.2 Å². The van der Waals surface area contributed by atoms with Crippen molar-refractivity contribution < 1.29 is 8.81 Å². The summed E-state index contributed by atoms with van der Waals surface area (Å²) in [5, 5.41) is 3.31. The molecule has 1 aromatic carbocycles. The molecule has 0 unspecified atom stereocenters. The molecule has 0 saturated carbocycles. The van der Waals surface area contributed by atoms with E-state index in [1.54, 1.807) is 18.6 Å². The Morgan fingerprint density at radius 2 is 2.22 bits per heavy atom. The van der Waals surface area contributed by atoms with Crippen LogP contribution in [0.2, 0.25) is 0 Å². The highest BCUT2D eigenvalue weighted by atomic mass is 19.1. The highest BCUT2D eigenvalue weighted by molar-refractivity contribution is 5.45. The normalized spacial score (nSPS) is 10.6. The number of likely N-dealkylation sites (N-methyl/N-ethyl adjacent to an activating group) is 1. The lowest BCUT2D eigenvalue weighted by molar-refractivity contribution is 0.560. The summed E-state index contributed by atoms with van der Waals surface area (Å²) in [5.41, 5.74) is 2.02. The second-order valence-corrected chi connectivity index (χ2v) is 4.21. The van der Waals surface area contributed by atoms with Gasteiger partial charge in [0.1, 0.15) is 5.82 Å². The molecule has 2 aromatic rings. The van der Waals surface area contributed by atoms with E-state index in [0.29, 0.717) is 0 Å². The van der Waals surface area contributed by atoms with Gasteiger partial charge in [0.05, 0.1) is 12.5 Å².